The maximum absolute atomic E-state index is 13.7. The Morgan fingerprint density at radius 2 is 1.82 bits per heavy atom. The lowest BCUT2D eigenvalue weighted by molar-refractivity contribution is -0.146. The van der Waals surface area contributed by atoms with Gasteiger partial charge >= 0.3 is 12.1 Å². The number of anilines is 2. The van der Waals surface area contributed by atoms with Crippen LogP contribution in [0.25, 0.3) is 0 Å². The Hall–Kier alpha value is -3.21. The number of alkyl halides is 3. The summed E-state index contributed by atoms with van der Waals surface area (Å²) in [6.07, 6.45) is -0.0164. The van der Waals surface area contributed by atoms with Crippen molar-refractivity contribution < 1.29 is 27.5 Å². The van der Waals surface area contributed by atoms with E-state index in [2.05, 4.69) is 27.2 Å². The van der Waals surface area contributed by atoms with Crippen LogP contribution in [0.3, 0.4) is 0 Å². The summed E-state index contributed by atoms with van der Waals surface area (Å²) in [7, 11) is 5.18. The lowest BCUT2D eigenvalue weighted by Crippen LogP contribution is -2.44. The first-order chi connectivity index (χ1) is 18.1. The number of ether oxygens (including phenoxy) is 1. The van der Waals surface area contributed by atoms with Gasteiger partial charge in [-0.05, 0) is 82.4 Å². The van der Waals surface area contributed by atoms with Crippen molar-refractivity contribution in [3.05, 3.63) is 47.3 Å². The number of hydrogen-bond donors (Lipinski definition) is 1. The van der Waals surface area contributed by atoms with Crippen LogP contribution in [0.4, 0.5) is 24.8 Å². The summed E-state index contributed by atoms with van der Waals surface area (Å²) in [6, 6.07) is 6.91. The van der Waals surface area contributed by atoms with Gasteiger partial charge in [-0.1, -0.05) is 6.42 Å². The minimum atomic E-state index is -4.62. The van der Waals surface area contributed by atoms with Gasteiger partial charge in [0.05, 0.1) is 24.3 Å². The number of amides is 1. The van der Waals surface area contributed by atoms with Crippen LogP contribution in [0.15, 0.2) is 30.5 Å². The molecule has 0 bridgehead atoms. The third kappa shape index (κ3) is 6.43. The van der Waals surface area contributed by atoms with E-state index in [1.165, 1.54) is 7.11 Å². The minimum absolute atomic E-state index is 0.00252. The average Bonchev–Trinajstić information content (AvgIpc) is 3.36. The molecule has 0 radical (unpaired) electrons. The third-order valence-corrected chi connectivity index (χ3v) is 7.74. The molecule has 2 heterocycles. The second-order valence-electron chi connectivity index (χ2n) is 10.2. The van der Waals surface area contributed by atoms with Crippen LogP contribution in [-0.2, 0) is 22.1 Å². The molecule has 1 aliphatic heterocycles. The zero-order valence-electron chi connectivity index (χ0n) is 21.9. The first kappa shape index (κ1) is 27.8. The molecule has 0 unspecified atom stereocenters. The zero-order chi connectivity index (χ0) is 27.4. The van der Waals surface area contributed by atoms with Crippen LogP contribution < -0.4 is 5.32 Å². The lowest BCUT2D eigenvalue weighted by Gasteiger charge is -2.35. The van der Waals surface area contributed by atoms with E-state index in [-0.39, 0.29) is 35.9 Å². The first-order valence-electron chi connectivity index (χ1n) is 12.9. The van der Waals surface area contributed by atoms with Gasteiger partial charge in [-0.2, -0.15) is 13.2 Å². The van der Waals surface area contributed by atoms with Crippen LogP contribution in [0.5, 0.6) is 0 Å². The van der Waals surface area contributed by atoms with Crippen LogP contribution in [0.1, 0.15) is 53.7 Å². The number of carbonyl (C=O) groups is 2. The van der Waals surface area contributed by atoms with Crippen molar-refractivity contribution in [3.63, 3.8) is 0 Å². The molecule has 2 fully saturated rings. The van der Waals surface area contributed by atoms with Gasteiger partial charge in [0.25, 0.3) is 5.91 Å². The molecule has 1 aromatic carbocycles. The van der Waals surface area contributed by atoms with E-state index < -0.39 is 23.6 Å². The largest absolute Gasteiger partial charge is 0.469 e. The number of nitrogens with zero attached hydrogens (tertiary/aromatic N) is 4. The van der Waals surface area contributed by atoms with Crippen LogP contribution in [0.2, 0.25) is 0 Å². The quantitative estimate of drug-likeness (QED) is 0.523. The predicted molar refractivity (Wildman–Crippen MR) is 136 cm³/mol. The van der Waals surface area contributed by atoms with Crippen molar-refractivity contribution in [2.45, 2.75) is 50.7 Å². The Balaban J connectivity index is 1.47. The van der Waals surface area contributed by atoms with Gasteiger partial charge < -0.3 is 19.9 Å². The molecule has 8 nitrogen and oxygen atoms in total. The molecule has 1 saturated heterocycles. The Morgan fingerprint density at radius 1 is 1.13 bits per heavy atom. The number of hydrogen-bond acceptors (Lipinski definition) is 7. The number of rotatable bonds is 7. The standard InChI is InChI=1S/C27H34F3N5O3/c1-34-13-11-20(12-14-34)35(2)24(36)17-7-9-19(10-8-17)32-26-31-16-22(27(28,29)30)23(33-26)15-18-5-4-6-21(18)25(37)38-3/h7-10,16,18,20-21H,4-6,11-15H2,1-3H3,(H,31,32,33)/t18-,21-/m0/s1. The highest BCUT2D eigenvalue weighted by atomic mass is 19.4. The number of likely N-dealkylation sites (tertiary alicyclic amines) is 1. The highest BCUT2D eigenvalue weighted by Crippen LogP contribution is 2.38. The molecular weight excluding hydrogens is 499 g/mol. The van der Waals surface area contributed by atoms with Crippen molar-refractivity contribution in [1.29, 1.82) is 0 Å². The Morgan fingerprint density at radius 3 is 2.45 bits per heavy atom. The van der Waals surface area contributed by atoms with E-state index in [1.807, 2.05) is 7.05 Å². The van der Waals surface area contributed by atoms with Crippen LogP contribution >= 0.6 is 0 Å². The van der Waals surface area contributed by atoms with E-state index in [0.29, 0.717) is 24.1 Å². The maximum atomic E-state index is 13.7. The molecule has 1 saturated carbocycles. The van der Waals surface area contributed by atoms with E-state index in [9.17, 15) is 22.8 Å². The smallest absolute Gasteiger partial charge is 0.419 e. The van der Waals surface area contributed by atoms with Crippen molar-refractivity contribution in [1.82, 2.24) is 19.8 Å². The number of aromatic nitrogens is 2. The molecule has 206 valence electrons. The van der Waals surface area contributed by atoms with Gasteiger partial charge in [0.2, 0.25) is 5.95 Å². The van der Waals surface area contributed by atoms with E-state index in [4.69, 9.17) is 4.74 Å². The minimum Gasteiger partial charge on any atom is -0.469 e. The number of benzene rings is 1. The second kappa shape index (κ2) is 11.7. The third-order valence-electron chi connectivity index (χ3n) is 7.74. The Bertz CT molecular complexity index is 1130. The number of esters is 1. The van der Waals surface area contributed by atoms with Crippen molar-refractivity contribution >= 4 is 23.5 Å². The molecule has 1 N–H and O–H groups in total. The molecule has 38 heavy (non-hydrogen) atoms. The predicted octanol–water partition coefficient (Wildman–Crippen LogP) is 4.54. The lowest BCUT2D eigenvalue weighted by atomic mass is 9.90. The van der Waals surface area contributed by atoms with Gasteiger partial charge in [-0.15, -0.1) is 0 Å². The monoisotopic (exact) mass is 533 g/mol. The summed E-state index contributed by atoms with van der Waals surface area (Å²) < 4.78 is 46.0. The van der Waals surface area contributed by atoms with E-state index >= 15 is 0 Å². The number of methoxy groups -OCH3 is 1. The Kier molecular flexibility index (Phi) is 8.54. The highest BCUT2D eigenvalue weighted by Gasteiger charge is 2.39. The van der Waals surface area contributed by atoms with Crippen molar-refractivity contribution in [2.24, 2.45) is 11.8 Å². The topological polar surface area (TPSA) is 87.7 Å². The molecule has 2 aliphatic rings. The van der Waals surface area contributed by atoms with Gasteiger partial charge in [0.1, 0.15) is 0 Å². The molecule has 2 aromatic rings. The molecule has 11 heteroatoms. The normalized spacial score (nSPS) is 20.8. The summed E-state index contributed by atoms with van der Waals surface area (Å²) >= 11 is 0. The number of carbonyl (C=O) groups excluding carboxylic acids is 2. The van der Waals surface area contributed by atoms with Crippen molar-refractivity contribution in [2.75, 3.05) is 39.6 Å². The van der Waals surface area contributed by atoms with Gasteiger partial charge in [-0.3, -0.25) is 9.59 Å². The fourth-order valence-corrected chi connectivity index (χ4v) is 5.44. The van der Waals surface area contributed by atoms with E-state index in [1.54, 1.807) is 29.2 Å². The summed E-state index contributed by atoms with van der Waals surface area (Å²) in [6.45, 7) is 1.90. The molecule has 1 aromatic heterocycles. The van der Waals surface area contributed by atoms with Gasteiger partial charge in [0, 0.05) is 30.5 Å². The van der Waals surface area contributed by atoms with E-state index in [0.717, 1.165) is 38.5 Å². The van der Waals surface area contributed by atoms with Gasteiger partial charge in [-0.25, -0.2) is 9.97 Å². The SMILES string of the molecule is COC(=O)[C@H]1CCC[C@H]1Cc1nc(Nc2ccc(C(=O)N(C)C3CCN(C)CC3)cc2)ncc1C(F)(F)F. The second-order valence-corrected chi connectivity index (χ2v) is 10.2. The highest BCUT2D eigenvalue weighted by molar-refractivity contribution is 5.94. The summed E-state index contributed by atoms with van der Waals surface area (Å²) in [5.74, 6) is -1.17. The number of piperidine rings is 1. The van der Waals surface area contributed by atoms with Crippen molar-refractivity contribution in [3.8, 4) is 0 Å². The average molecular weight is 534 g/mol. The summed E-state index contributed by atoms with van der Waals surface area (Å²) in [4.78, 5) is 37.2. The molecule has 4 rings (SSSR count). The zero-order valence-corrected chi connectivity index (χ0v) is 21.9. The van der Waals surface area contributed by atoms with Crippen LogP contribution in [-0.4, -0.2) is 72.0 Å². The molecular formula is C27H34F3N5O3. The summed E-state index contributed by atoms with van der Waals surface area (Å²) in [5.41, 5.74) is 0.0161. The molecule has 2 atom stereocenters. The Labute approximate surface area is 220 Å². The first-order valence-corrected chi connectivity index (χ1v) is 12.9. The summed E-state index contributed by atoms with van der Waals surface area (Å²) in [5, 5.41) is 2.95. The molecule has 1 amide bonds. The maximum Gasteiger partial charge on any atom is 0.419 e. The fraction of sp³-hybridized carbons (Fsp3) is 0.556. The number of nitrogens with one attached hydrogen (secondary N) is 1. The number of halogens is 3. The van der Waals surface area contributed by atoms with Crippen LogP contribution in [0, 0.1) is 11.8 Å². The van der Waals surface area contributed by atoms with Gasteiger partial charge in [0.15, 0.2) is 0 Å². The molecule has 0 spiro atoms. The molecule has 1 aliphatic carbocycles. The fourth-order valence-electron chi connectivity index (χ4n) is 5.44.